The Morgan fingerprint density at radius 2 is 2.10 bits per heavy atom. The van der Waals surface area contributed by atoms with Crippen LogP contribution < -0.4 is 0 Å². The minimum atomic E-state index is -0.0325. The molecule has 1 aromatic rings. The first-order chi connectivity index (χ1) is 10.2. The zero-order valence-corrected chi connectivity index (χ0v) is 12.3. The van der Waals surface area contributed by atoms with Crippen LogP contribution in [0.5, 0.6) is 0 Å². The molecule has 1 saturated carbocycles. The Labute approximate surface area is 125 Å². The molecule has 0 radical (unpaired) electrons. The number of aliphatic hydroxyl groups is 2. The van der Waals surface area contributed by atoms with E-state index in [4.69, 9.17) is 10.2 Å². The number of nitrogens with zero attached hydrogens (tertiary/aromatic N) is 1. The molecule has 0 atom stereocenters. The second-order valence-corrected chi connectivity index (χ2v) is 5.21. The Bertz CT molecular complexity index is 567. The number of carbonyl (C=O) groups is 1. The lowest BCUT2D eigenvalue weighted by Crippen LogP contribution is -2.36. The van der Waals surface area contributed by atoms with Gasteiger partial charge in [0.25, 0.3) is 5.91 Å². The molecule has 1 aromatic carbocycles. The molecule has 112 valence electrons. The molecular weight excluding hydrogens is 266 g/mol. The number of rotatable bonds is 5. The van der Waals surface area contributed by atoms with Crippen molar-refractivity contribution in [1.29, 1.82) is 0 Å². The van der Waals surface area contributed by atoms with Gasteiger partial charge in [0.15, 0.2) is 0 Å². The highest BCUT2D eigenvalue weighted by molar-refractivity contribution is 5.96. The number of amides is 1. The lowest BCUT2D eigenvalue weighted by Gasteiger charge is -2.22. The molecule has 0 bridgehead atoms. The van der Waals surface area contributed by atoms with Gasteiger partial charge in [-0.25, -0.2) is 0 Å². The van der Waals surface area contributed by atoms with Crippen LogP contribution in [-0.2, 0) is 0 Å². The number of aliphatic hydroxyl groups excluding tert-OH is 2. The SMILES string of the molecule is Cc1c(C#CCCO)cccc1C(=O)N(CCO)C1CC1. The Morgan fingerprint density at radius 1 is 1.33 bits per heavy atom. The van der Waals surface area contributed by atoms with Crippen LogP contribution in [0.4, 0.5) is 0 Å². The fourth-order valence-electron chi connectivity index (χ4n) is 2.31. The summed E-state index contributed by atoms with van der Waals surface area (Å²) in [5.41, 5.74) is 2.32. The number of carbonyl (C=O) groups excluding carboxylic acids is 1. The third kappa shape index (κ3) is 3.84. The van der Waals surface area contributed by atoms with Crippen LogP contribution in [0.1, 0.15) is 40.7 Å². The zero-order valence-electron chi connectivity index (χ0n) is 12.3. The van der Waals surface area contributed by atoms with Gasteiger partial charge in [-0.05, 0) is 37.5 Å². The van der Waals surface area contributed by atoms with Crippen molar-refractivity contribution >= 4 is 5.91 Å². The standard InChI is InChI=1S/C17H21NO3/c1-13-14(5-2-3-11-19)6-4-7-16(13)17(21)18(10-12-20)15-8-9-15/h4,6-7,15,19-20H,3,8-12H2,1H3. The van der Waals surface area contributed by atoms with Crippen LogP contribution in [0.3, 0.4) is 0 Å². The van der Waals surface area contributed by atoms with Gasteiger partial charge in [-0.1, -0.05) is 17.9 Å². The first kappa shape index (κ1) is 15.6. The van der Waals surface area contributed by atoms with Crippen LogP contribution >= 0.6 is 0 Å². The van der Waals surface area contributed by atoms with Gasteiger partial charge in [0.05, 0.1) is 13.2 Å². The first-order valence-electron chi connectivity index (χ1n) is 7.30. The van der Waals surface area contributed by atoms with Gasteiger partial charge in [0.2, 0.25) is 0 Å². The van der Waals surface area contributed by atoms with Gasteiger partial charge in [-0.15, -0.1) is 0 Å². The zero-order chi connectivity index (χ0) is 15.2. The fraction of sp³-hybridized carbons (Fsp3) is 0.471. The highest BCUT2D eigenvalue weighted by atomic mass is 16.3. The highest BCUT2D eigenvalue weighted by Crippen LogP contribution is 2.28. The van der Waals surface area contributed by atoms with Crippen LogP contribution in [-0.4, -0.2) is 46.8 Å². The van der Waals surface area contributed by atoms with Crippen LogP contribution in [0.15, 0.2) is 18.2 Å². The average molecular weight is 287 g/mol. The smallest absolute Gasteiger partial charge is 0.254 e. The first-order valence-corrected chi connectivity index (χ1v) is 7.30. The van der Waals surface area contributed by atoms with E-state index in [0.717, 1.165) is 24.0 Å². The number of benzene rings is 1. The van der Waals surface area contributed by atoms with E-state index in [9.17, 15) is 4.79 Å². The lowest BCUT2D eigenvalue weighted by molar-refractivity contribution is 0.0707. The summed E-state index contributed by atoms with van der Waals surface area (Å²) >= 11 is 0. The van der Waals surface area contributed by atoms with E-state index in [1.807, 2.05) is 25.1 Å². The van der Waals surface area contributed by atoms with Crippen LogP contribution in [0.2, 0.25) is 0 Å². The minimum Gasteiger partial charge on any atom is -0.395 e. The summed E-state index contributed by atoms with van der Waals surface area (Å²) in [7, 11) is 0. The molecule has 21 heavy (non-hydrogen) atoms. The van der Waals surface area contributed by atoms with Gasteiger partial charge in [0.1, 0.15) is 0 Å². The molecule has 1 aliphatic carbocycles. The van der Waals surface area contributed by atoms with Crippen molar-refractivity contribution < 1.29 is 15.0 Å². The maximum atomic E-state index is 12.6. The van der Waals surface area contributed by atoms with Crippen molar-refractivity contribution in [2.75, 3.05) is 19.8 Å². The number of hydrogen-bond acceptors (Lipinski definition) is 3. The molecule has 2 N–H and O–H groups in total. The Balaban J connectivity index is 2.25. The average Bonchev–Trinajstić information content (AvgIpc) is 3.31. The van der Waals surface area contributed by atoms with Crippen LogP contribution in [0.25, 0.3) is 0 Å². The predicted molar refractivity (Wildman–Crippen MR) is 80.9 cm³/mol. The quantitative estimate of drug-likeness (QED) is 0.803. The molecule has 1 amide bonds. The molecule has 2 rings (SSSR count). The molecule has 0 spiro atoms. The Kier molecular flexibility index (Phi) is 5.38. The van der Waals surface area contributed by atoms with Gasteiger partial charge in [-0.3, -0.25) is 4.79 Å². The maximum Gasteiger partial charge on any atom is 0.254 e. The largest absolute Gasteiger partial charge is 0.395 e. The Morgan fingerprint density at radius 3 is 2.71 bits per heavy atom. The molecule has 1 fully saturated rings. The van der Waals surface area contributed by atoms with Gasteiger partial charge in [0, 0.05) is 30.1 Å². The summed E-state index contributed by atoms with van der Waals surface area (Å²) in [5.74, 6) is 5.85. The second-order valence-electron chi connectivity index (χ2n) is 5.21. The van der Waals surface area contributed by atoms with Gasteiger partial charge in [-0.2, -0.15) is 0 Å². The molecule has 0 heterocycles. The lowest BCUT2D eigenvalue weighted by atomic mass is 10.0. The van der Waals surface area contributed by atoms with Gasteiger partial charge < -0.3 is 15.1 Å². The predicted octanol–water partition coefficient (Wildman–Crippen LogP) is 1.33. The summed E-state index contributed by atoms with van der Waals surface area (Å²) in [4.78, 5) is 14.4. The summed E-state index contributed by atoms with van der Waals surface area (Å²) in [6.07, 6.45) is 2.46. The molecule has 4 heteroatoms. The molecular formula is C17H21NO3. The number of hydrogen-bond donors (Lipinski definition) is 2. The highest BCUT2D eigenvalue weighted by Gasteiger charge is 2.33. The van der Waals surface area contributed by atoms with Crippen LogP contribution in [0, 0.1) is 18.8 Å². The van der Waals surface area contributed by atoms with E-state index in [-0.39, 0.29) is 25.2 Å². The van der Waals surface area contributed by atoms with E-state index in [2.05, 4.69) is 11.8 Å². The third-order valence-electron chi connectivity index (χ3n) is 3.61. The molecule has 1 aliphatic rings. The van der Waals surface area contributed by atoms with Crippen molar-refractivity contribution in [1.82, 2.24) is 4.90 Å². The van der Waals surface area contributed by atoms with Gasteiger partial charge >= 0.3 is 0 Å². The topological polar surface area (TPSA) is 60.8 Å². The minimum absolute atomic E-state index is 0.0166. The van der Waals surface area contributed by atoms with E-state index >= 15 is 0 Å². The van der Waals surface area contributed by atoms with Crippen molar-refractivity contribution in [3.8, 4) is 11.8 Å². The van der Waals surface area contributed by atoms with Crippen molar-refractivity contribution in [2.24, 2.45) is 0 Å². The molecule has 4 nitrogen and oxygen atoms in total. The molecule has 0 saturated heterocycles. The summed E-state index contributed by atoms with van der Waals surface area (Å²) in [6.45, 7) is 2.29. The monoisotopic (exact) mass is 287 g/mol. The molecule has 0 unspecified atom stereocenters. The third-order valence-corrected chi connectivity index (χ3v) is 3.61. The van der Waals surface area contributed by atoms with E-state index < -0.39 is 0 Å². The van der Waals surface area contributed by atoms with E-state index in [1.165, 1.54) is 0 Å². The second kappa shape index (κ2) is 7.26. The summed E-state index contributed by atoms with van der Waals surface area (Å²) < 4.78 is 0. The maximum absolute atomic E-state index is 12.6. The van der Waals surface area contributed by atoms with Crippen molar-refractivity contribution in [2.45, 2.75) is 32.2 Å². The van der Waals surface area contributed by atoms with E-state index in [1.54, 1.807) is 4.90 Å². The van der Waals surface area contributed by atoms with Crippen molar-refractivity contribution in [3.63, 3.8) is 0 Å². The van der Waals surface area contributed by atoms with E-state index in [0.29, 0.717) is 18.5 Å². The normalized spacial score (nSPS) is 13.5. The summed E-state index contributed by atoms with van der Waals surface area (Å²) in [6, 6.07) is 5.78. The molecule has 0 aromatic heterocycles. The Hall–Kier alpha value is -1.83. The van der Waals surface area contributed by atoms with Crippen molar-refractivity contribution in [3.05, 3.63) is 34.9 Å². The summed E-state index contributed by atoms with van der Waals surface area (Å²) in [5, 5.41) is 17.9. The molecule has 0 aliphatic heterocycles. The fourth-order valence-corrected chi connectivity index (χ4v) is 2.31.